The van der Waals surface area contributed by atoms with Crippen molar-refractivity contribution < 1.29 is 18.3 Å². The molecule has 0 N–H and O–H groups in total. The van der Waals surface area contributed by atoms with Crippen molar-refractivity contribution in [2.45, 2.75) is 78.6 Å². The molecule has 0 amide bonds. The molecule has 2 aromatic carbocycles. The maximum absolute atomic E-state index is 14.7. The van der Waals surface area contributed by atoms with Gasteiger partial charge in [-0.2, -0.15) is 0 Å². The highest BCUT2D eigenvalue weighted by Crippen LogP contribution is 2.71. The van der Waals surface area contributed by atoms with Gasteiger partial charge in [-0.25, -0.2) is 0 Å². The topological polar surface area (TPSA) is 48.0 Å². The van der Waals surface area contributed by atoms with Gasteiger partial charge in [-0.05, 0) is 55.4 Å². The van der Waals surface area contributed by atoms with Crippen LogP contribution >= 0.6 is 19.2 Å². The van der Waals surface area contributed by atoms with Crippen LogP contribution in [0.5, 0.6) is 5.75 Å². The van der Waals surface area contributed by atoms with E-state index in [1.54, 1.807) is 12.1 Å². The molecule has 0 bridgehead atoms. The zero-order chi connectivity index (χ0) is 25.5. The van der Waals surface area contributed by atoms with Crippen LogP contribution in [0.15, 0.2) is 36.4 Å². The van der Waals surface area contributed by atoms with E-state index in [0.29, 0.717) is 17.1 Å². The molecular weight excluding hydrogens is 469 g/mol. The lowest BCUT2D eigenvalue weighted by atomic mass is 9.79. The first-order chi connectivity index (χ1) is 15.7. The van der Waals surface area contributed by atoms with Gasteiger partial charge in [0.15, 0.2) is 5.75 Å². The molecule has 3 rings (SSSR count). The molecule has 0 fully saturated rings. The summed E-state index contributed by atoms with van der Waals surface area (Å²) in [7, 11) is -3.86. The normalized spacial score (nSPS) is 18.7. The van der Waals surface area contributed by atoms with E-state index >= 15 is 0 Å². The summed E-state index contributed by atoms with van der Waals surface area (Å²) >= 11 is 6.23. The molecule has 7 heteroatoms. The lowest BCUT2D eigenvalue weighted by Gasteiger charge is -2.41. The van der Waals surface area contributed by atoms with Crippen molar-refractivity contribution in [3.8, 4) is 5.75 Å². The van der Waals surface area contributed by atoms with E-state index in [2.05, 4.69) is 53.7 Å². The predicted octanol–water partition coefficient (Wildman–Crippen LogP) is 8.23. The molecule has 188 valence electrons. The van der Waals surface area contributed by atoms with Gasteiger partial charge in [-0.3, -0.25) is 4.57 Å². The zero-order valence-electron chi connectivity index (χ0n) is 22.0. The molecule has 1 atom stereocenters. The Morgan fingerprint density at radius 1 is 0.941 bits per heavy atom. The largest absolute Gasteiger partial charge is 0.450 e. The van der Waals surface area contributed by atoms with Gasteiger partial charge in [-0.1, -0.05) is 71.3 Å². The molecule has 0 radical (unpaired) electrons. The van der Waals surface area contributed by atoms with Crippen LogP contribution in [0.3, 0.4) is 0 Å². The highest BCUT2D eigenvalue weighted by molar-refractivity contribution is 7.55. The number of hydrogen-bond acceptors (Lipinski definition) is 5. The fraction of sp³-hybridized carbons (Fsp3) is 0.556. The lowest BCUT2D eigenvalue weighted by molar-refractivity contribution is 0.0987. The van der Waals surface area contributed by atoms with Gasteiger partial charge in [-0.15, -0.1) is 0 Å². The summed E-state index contributed by atoms with van der Waals surface area (Å²) in [4.78, 5) is 2.04. The van der Waals surface area contributed by atoms with E-state index in [4.69, 9.17) is 25.4 Å². The third kappa shape index (κ3) is 4.53. The highest BCUT2D eigenvalue weighted by Gasteiger charge is 2.63. The van der Waals surface area contributed by atoms with E-state index in [9.17, 15) is 4.57 Å². The second-order valence-corrected chi connectivity index (χ2v) is 13.2. The Bertz CT molecular complexity index is 1060. The van der Waals surface area contributed by atoms with Crippen LogP contribution in [0.4, 0.5) is 5.69 Å². The predicted molar refractivity (Wildman–Crippen MR) is 141 cm³/mol. The summed E-state index contributed by atoms with van der Waals surface area (Å²) in [5.41, 5.74) is 2.06. The van der Waals surface area contributed by atoms with Crippen LogP contribution in [-0.2, 0) is 29.9 Å². The summed E-state index contributed by atoms with van der Waals surface area (Å²) in [5, 5.41) is 0.588. The van der Waals surface area contributed by atoms with Gasteiger partial charge in [0.05, 0.1) is 18.9 Å². The number of fused-ring (bicyclic) bond motifs is 1. The van der Waals surface area contributed by atoms with Gasteiger partial charge in [0.2, 0.25) is 0 Å². The van der Waals surface area contributed by atoms with Crippen molar-refractivity contribution in [3.63, 3.8) is 0 Å². The van der Waals surface area contributed by atoms with Crippen molar-refractivity contribution in [1.29, 1.82) is 0 Å². The van der Waals surface area contributed by atoms with Crippen LogP contribution in [0, 0.1) is 0 Å². The number of hydrogen-bond donors (Lipinski definition) is 0. The summed E-state index contributed by atoms with van der Waals surface area (Å²) in [6, 6.07) is 11.6. The number of benzene rings is 2. The number of anilines is 1. The minimum absolute atomic E-state index is 0.0799. The van der Waals surface area contributed by atoms with E-state index in [0.717, 1.165) is 17.0 Å². The minimum Gasteiger partial charge on any atom is -0.450 e. The molecule has 34 heavy (non-hydrogen) atoms. The first kappa shape index (κ1) is 27.1. The average molecular weight is 508 g/mol. The second-order valence-electron chi connectivity index (χ2n) is 10.7. The quantitative estimate of drug-likeness (QED) is 0.353. The van der Waals surface area contributed by atoms with Crippen molar-refractivity contribution >= 4 is 24.9 Å². The molecule has 5 nitrogen and oxygen atoms in total. The molecule has 0 saturated heterocycles. The lowest BCUT2D eigenvalue weighted by Crippen LogP contribution is -2.47. The van der Waals surface area contributed by atoms with Crippen LogP contribution in [-0.4, -0.2) is 19.8 Å². The Hall–Kier alpha value is -1.52. The van der Waals surface area contributed by atoms with Gasteiger partial charge in [0.1, 0.15) is 0 Å². The molecule has 0 aromatic heterocycles. The van der Waals surface area contributed by atoms with E-state index in [1.807, 2.05) is 37.8 Å². The number of ether oxygens (including phenoxy) is 1. The molecule has 2 aromatic rings. The summed E-state index contributed by atoms with van der Waals surface area (Å²) < 4.78 is 33.5. The van der Waals surface area contributed by atoms with Crippen LogP contribution in [0.1, 0.15) is 79.0 Å². The fourth-order valence-corrected chi connectivity index (χ4v) is 6.90. The summed E-state index contributed by atoms with van der Waals surface area (Å²) in [6.45, 7) is 19.8. The van der Waals surface area contributed by atoms with Crippen molar-refractivity contribution in [2.75, 3.05) is 24.7 Å². The van der Waals surface area contributed by atoms with Crippen molar-refractivity contribution in [1.82, 2.24) is 0 Å². The molecule has 1 unspecified atom stereocenters. The van der Waals surface area contributed by atoms with Crippen LogP contribution in [0.2, 0.25) is 5.02 Å². The third-order valence-electron chi connectivity index (χ3n) is 6.15. The Kier molecular flexibility index (Phi) is 7.57. The van der Waals surface area contributed by atoms with Gasteiger partial charge < -0.3 is 18.7 Å². The zero-order valence-corrected chi connectivity index (χ0v) is 23.6. The minimum atomic E-state index is -3.86. The molecule has 0 spiro atoms. The Morgan fingerprint density at radius 2 is 1.50 bits per heavy atom. The van der Waals surface area contributed by atoms with Gasteiger partial charge in [0.25, 0.3) is 0 Å². The van der Waals surface area contributed by atoms with E-state index in [1.165, 1.54) is 5.56 Å². The molecule has 1 aliphatic heterocycles. The summed E-state index contributed by atoms with van der Waals surface area (Å²) in [5.74, 6) is 0.719. The van der Waals surface area contributed by atoms with E-state index in [-0.39, 0.29) is 24.0 Å². The van der Waals surface area contributed by atoms with Crippen LogP contribution < -0.4 is 9.64 Å². The van der Waals surface area contributed by atoms with E-state index < -0.39 is 13.1 Å². The Balaban J connectivity index is 2.43. The number of halogens is 1. The maximum Gasteiger partial charge on any atom is 0.400 e. The maximum atomic E-state index is 14.7. The Labute approximate surface area is 210 Å². The second kappa shape index (κ2) is 9.50. The highest BCUT2D eigenvalue weighted by atomic mass is 35.5. The molecule has 1 aliphatic rings. The molecule has 0 aliphatic carbocycles. The Morgan fingerprint density at radius 3 is 1.94 bits per heavy atom. The first-order valence-electron chi connectivity index (χ1n) is 12.1. The standard InChI is InChI=1S/C27H39ClNO4P/c1-10-29-23-18-20(25(4,5)6)17-22(26(7,8)9)24(23)33-27(29,19-13-15-21(28)16-14-19)34(30,31-11-2)32-12-3/h13-18H,10-12H2,1-9H3. The van der Waals surface area contributed by atoms with Gasteiger partial charge in [0, 0.05) is 22.7 Å². The third-order valence-corrected chi connectivity index (χ3v) is 8.93. The van der Waals surface area contributed by atoms with Gasteiger partial charge >= 0.3 is 13.1 Å². The summed E-state index contributed by atoms with van der Waals surface area (Å²) in [6.07, 6.45) is 0. The average Bonchev–Trinajstić information content (AvgIpc) is 3.08. The monoisotopic (exact) mass is 507 g/mol. The van der Waals surface area contributed by atoms with Crippen molar-refractivity contribution in [3.05, 3.63) is 58.1 Å². The number of nitrogens with zero attached hydrogens (tertiary/aromatic N) is 1. The molecule has 0 saturated carbocycles. The fourth-order valence-electron chi connectivity index (χ4n) is 4.45. The van der Waals surface area contributed by atoms with Crippen LogP contribution in [0.25, 0.3) is 0 Å². The smallest absolute Gasteiger partial charge is 0.400 e. The van der Waals surface area contributed by atoms with Crippen molar-refractivity contribution in [2.24, 2.45) is 0 Å². The SMILES string of the molecule is CCOP(=O)(OCC)C1(c2ccc(Cl)cc2)Oc2c(cc(C(C)(C)C)cc2C(C)(C)C)N1CC. The first-order valence-corrected chi connectivity index (χ1v) is 14.0. The molecular formula is C27H39ClNO4P. The number of rotatable bonds is 7. The molecule has 1 heterocycles.